The number of carbonyl (C=O) groups excluding carboxylic acids is 3. The number of allylic oxidation sites excluding steroid dienone is 1. The van der Waals surface area contributed by atoms with Gasteiger partial charge in [-0.3, -0.25) is 14.5 Å². The van der Waals surface area contributed by atoms with Crippen LogP contribution in [0.3, 0.4) is 0 Å². The second kappa shape index (κ2) is 10.2. The molecule has 0 atom stereocenters. The molecule has 33 heavy (non-hydrogen) atoms. The van der Waals surface area contributed by atoms with E-state index >= 15 is 0 Å². The molecule has 0 unspecified atom stereocenters. The normalized spacial score (nSPS) is 14.8. The molecule has 0 aliphatic carbocycles. The Balaban J connectivity index is 1.86. The van der Waals surface area contributed by atoms with Gasteiger partial charge < -0.3 is 14.8 Å². The predicted octanol–water partition coefficient (Wildman–Crippen LogP) is 3.78. The smallest absolute Gasteiger partial charge is 0.340 e. The van der Waals surface area contributed by atoms with Gasteiger partial charge in [0.05, 0.1) is 18.3 Å². The summed E-state index contributed by atoms with van der Waals surface area (Å²) in [5.41, 5.74) is 3.45. The molecule has 0 saturated carbocycles. The van der Waals surface area contributed by atoms with Gasteiger partial charge in [-0.15, -0.1) is 0 Å². The molecule has 7 heteroatoms. The standard InChI is InChI=1S/C26H28N2O5/c1-16(2)27-23(29)15-33-21-12-8-19(9-13-21)14-22-24(26(31)32-5)18(4)28(25(22)30)20-10-6-17(3)7-11-20/h6-14,16H,15H2,1-5H3,(H,27,29)/b22-14-. The molecule has 1 heterocycles. The lowest BCUT2D eigenvalue weighted by atomic mass is 10.0. The largest absolute Gasteiger partial charge is 0.484 e. The summed E-state index contributed by atoms with van der Waals surface area (Å²) < 4.78 is 10.5. The Hall–Kier alpha value is -3.87. The Morgan fingerprint density at radius 3 is 2.24 bits per heavy atom. The Labute approximate surface area is 193 Å². The number of nitrogens with zero attached hydrogens (tertiary/aromatic N) is 1. The zero-order valence-corrected chi connectivity index (χ0v) is 19.5. The highest BCUT2D eigenvalue weighted by Gasteiger charge is 2.37. The number of hydrogen-bond donors (Lipinski definition) is 1. The van der Waals surface area contributed by atoms with Crippen molar-refractivity contribution in [2.75, 3.05) is 18.6 Å². The van der Waals surface area contributed by atoms with Crippen molar-refractivity contribution in [2.45, 2.75) is 33.7 Å². The first-order chi connectivity index (χ1) is 15.7. The van der Waals surface area contributed by atoms with Gasteiger partial charge in [-0.1, -0.05) is 29.8 Å². The minimum absolute atomic E-state index is 0.0408. The SMILES string of the molecule is COC(=O)C1=C(C)N(c2ccc(C)cc2)C(=O)/C1=C\c1ccc(OCC(=O)NC(C)C)cc1. The maximum Gasteiger partial charge on any atom is 0.340 e. The molecule has 2 amide bonds. The van der Waals surface area contributed by atoms with Crippen LogP contribution in [-0.4, -0.2) is 37.5 Å². The third kappa shape index (κ3) is 5.49. The van der Waals surface area contributed by atoms with E-state index < -0.39 is 5.97 Å². The first-order valence-corrected chi connectivity index (χ1v) is 10.7. The molecule has 0 aromatic heterocycles. The molecule has 3 rings (SSSR count). The van der Waals surface area contributed by atoms with Gasteiger partial charge in [0, 0.05) is 17.4 Å². The summed E-state index contributed by atoms with van der Waals surface area (Å²) in [4.78, 5) is 39.1. The number of carbonyl (C=O) groups is 3. The molecule has 0 saturated heterocycles. The van der Waals surface area contributed by atoms with Gasteiger partial charge in [0.15, 0.2) is 6.61 Å². The highest BCUT2D eigenvalue weighted by Crippen LogP contribution is 2.35. The molecule has 0 spiro atoms. The minimum Gasteiger partial charge on any atom is -0.484 e. The zero-order valence-electron chi connectivity index (χ0n) is 19.5. The van der Waals surface area contributed by atoms with Crippen molar-refractivity contribution in [1.29, 1.82) is 0 Å². The van der Waals surface area contributed by atoms with Crippen LogP contribution in [0.15, 0.2) is 65.4 Å². The number of aryl methyl sites for hydroxylation is 1. The van der Waals surface area contributed by atoms with Crippen molar-refractivity contribution in [3.63, 3.8) is 0 Å². The number of rotatable bonds is 7. The van der Waals surface area contributed by atoms with Gasteiger partial charge >= 0.3 is 5.97 Å². The summed E-state index contributed by atoms with van der Waals surface area (Å²) in [6.07, 6.45) is 1.65. The van der Waals surface area contributed by atoms with Crippen molar-refractivity contribution in [3.8, 4) is 5.75 Å². The van der Waals surface area contributed by atoms with Gasteiger partial charge in [0.25, 0.3) is 11.8 Å². The number of ether oxygens (including phenoxy) is 2. The Bertz CT molecular complexity index is 1110. The fourth-order valence-electron chi connectivity index (χ4n) is 3.52. The monoisotopic (exact) mass is 448 g/mol. The van der Waals surface area contributed by atoms with Crippen LogP contribution in [0.25, 0.3) is 6.08 Å². The molecular formula is C26H28N2O5. The van der Waals surface area contributed by atoms with E-state index in [0.29, 0.717) is 22.7 Å². The molecule has 0 radical (unpaired) electrons. The van der Waals surface area contributed by atoms with E-state index in [1.807, 2.05) is 45.0 Å². The third-order valence-electron chi connectivity index (χ3n) is 5.09. The van der Waals surface area contributed by atoms with Crippen LogP contribution in [0.4, 0.5) is 5.69 Å². The number of esters is 1. The fraction of sp³-hybridized carbons (Fsp3) is 0.269. The van der Waals surface area contributed by atoms with Crippen molar-refractivity contribution in [3.05, 3.63) is 76.5 Å². The van der Waals surface area contributed by atoms with Crippen molar-refractivity contribution >= 4 is 29.5 Å². The Kier molecular flexibility index (Phi) is 7.33. The molecule has 1 aliphatic heterocycles. The highest BCUT2D eigenvalue weighted by molar-refractivity contribution is 6.23. The number of methoxy groups -OCH3 is 1. The minimum atomic E-state index is -0.571. The van der Waals surface area contributed by atoms with Gasteiger partial charge in [-0.2, -0.15) is 0 Å². The molecule has 7 nitrogen and oxygen atoms in total. The molecular weight excluding hydrogens is 420 g/mol. The van der Waals surface area contributed by atoms with Gasteiger partial charge in [-0.05, 0) is 63.6 Å². The number of nitrogens with one attached hydrogen (secondary N) is 1. The quantitative estimate of drug-likeness (QED) is 0.515. The van der Waals surface area contributed by atoms with Crippen LogP contribution < -0.4 is 15.0 Å². The van der Waals surface area contributed by atoms with Gasteiger partial charge in [0.2, 0.25) is 0 Å². The van der Waals surface area contributed by atoms with Gasteiger partial charge in [-0.25, -0.2) is 4.79 Å². The number of benzene rings is 2. The number of amides is 2. The summed E-state index contributed by atoms with van der Waals surface area (Å²) >= 11 is 0. The van der Waals surface area contributed by atoms with Gasteiger partial charge in [0.1, 0.15) is 5.75 Å². The number of anilines is 1. The zero-order chi connectivity index (χ0) is 24.1. The molecule has 2 aromatic rings. The molecule has 1 aliphatic rings. The third-order valence-corrected chi connectivity index (χ3v) is 5.09. The van der Waals surface area contributed by atoms with Crippen LogP contribution in [0.5, 0.6) is 5.75 Å². The second-order valence-electron chi connectivity index (χ2n) is 8.07. The lowest BCUT2D eigenvalue weighted by Gasteiger charge is -2.18. The second-order valence-corrected chi connectivity index (χ2v) is 8.07. The maximum absolute atomic E-state index is 13.3. The maximum atomic E-state index is 13.3. The van der Waals surface area contributed by atoms with Crippen LogP contribution >= 0.6 is 0 Å². The lowest BCUT2D eigenvalue weighted by molar-refractivity contribution is -0.136. The highest BCUT2D eigenvalue weighted by atomic mass is 16.5. The van der Waals surface area contributed by atoms with Crippen LogP contribution in [0.1, 0.15) is 31.9 Å². The van der Waals surface area contributed by atoms with Crippen LogP contribution in [0, 0.1) is 6.92 Å². The summed E-state index contributed by atoms with van der Waals surface area (Å²) in [6.45, 7) is 7.36. The summed E-state index contributed by atoms with van der Waals surface area (Å²) in [6, 6.07) is 14.5. The van der Waals surface area contributed by atoms with E-state index in [0.717, 1.165) is 5.56 Å². The van der Waals surface area contributed by atoms with Crippen molar-refractivity contribution in [2.24, 2.45) is 0 Å². The van der Waals surface area contributed by atoms with E-state index in [1.165, 1.54) is 12.0 Å². The molecule has 0 fully saturated rings. The van der Waals surface area contributed by atoms with E-state index in [2.05, 4.69) is 5.32 Å². The van der Waals surface area contributed by atoms with Crippen molar-refractivity contribution < 1.29 is 23.9 Å². The first kappa shape index (κ1) is 23.8. The van der Waals surface area contributed by atoms with E-state index in [9.17, 15) is 14.4 Å². The predicted molar refractivity (Wildman–Crippen MR) is 127 cm³/mol. The topological polar surface area (TPSA) is 84.9 Å². The molecule has 0 bridgehead atoms. The molecule has 172 valence electrons. The number of hydrogen-bond acceptors (Lipinski definition) is 5. The lowest BCUT2D eigenvalue weighted by Crippen LogP contribution is -2.34. The Morgan fingerprint density at radius 2 is 1.67 bits per heavy atom. The summed E-state index contributed by atoms with van der Waals surface area (Å²) in [5.74, 6) is -0.553. The summed E-state index contributed by atoms with van der Waals surface area (Å²) in [5, 5.41) is 2.76. The van der Waals surface area contributed by atoms with Crippen LogP contribution in [0.2, 0.25) is 0 Å². The summed E-state index contributed by atoms with van der Waals surface area (Å²) in [7, 11) is 1.29. The van der Waals surface area contributed by atoms with E-state index in [-0.39, 0.29) is 35.6 Å². The average Bonchev–Trinajstić information content (AvgIpc) is 3.02. The molecule has 2 aromatic carbocycles. The average molecular weight is 449 g/mol. The fourth-order valence-corrected chi connectivity index (χ4v) is 3.52. The van der Waals surface area contributed by atoms with Crippen LogP contribution in [-0.2, 0) is 19.1 Å². The Morgan fingerprint density at radius 1 is 1.03 bits per heavy atom. The molecule has 1 N–H and O–H groups in total. The van der Waals surface area contributed by atoms with E-state index in [4.69, 9.17) is 9.47 Å². The van der Waals surface area contributed by atoms with Crippen molar-refractivity contribution in [1.82, 2.24) is 5.32 Å². The van der Waals surface area contributed by atoms with E-state index in [1.54, 1.807) is 37.3 Å². The first-order valence-electron chi connectivity index (χ1n) is 10.7.